The maximum Gasteiger partial charge on any atom is 0.262 e. The number of hydrogen-bond donors (Lipinski definition) is 0. The van der Waals surface area contributed by atoms with E-state index in [0.29, 0.717) is 29.4 Å². The van der Waals surface area contributed by atoms with Gasteiger partial charge in [-0.05, 0) is 24.1 Å². The van der Waals surface area contributed by atoms with Gasteiger partial charge in [0.1, 0.15) is 11.2 Å². The normalized spacial score (nSPS) is 11.6. The van der Waals surface area contributed by atoms with Gasteiger partial charge in [0.05, 0.1) is 16.3 Å². The number of aryl methyl sites for hydroxylation is 1. The molecule has 2 aromatic carbocycles. The van der Waals surface area contributed by atoms with Gasteiger partial charge in [-0.15, -0.1) is 21.5 Å². The fourth-order valence-corrected chi connectivity index (χ4v) is 5.46. The van der Waals surface area contributed by atoms with Crippen LogP contribution in [0, 0.1) is 0 Å². The minimum Gasteiger partial charge on any atom is -0.469 e. The molecule has 6 aromatic rings. The quantitative estimate of drug-likeness (QED) is 0.259. The summed E-state index contributed by atoms with van der Waals surface area (Å²) in [5.41, 5.74) is 2.84. The highest BCUT2D eigenvalue weighted by atomic mass is 32.1. The van der Waals surface area contributed by atoms with Crippen LogP contribution in [-0.2, 0) is 13.2 Å². The third-order valence-corrected chi connectivity index (χ3v) is 7.20. The predicted octanol–water partition coefficient (Wildman–Crippen LogP) is 5.49. The van der Waals surface area contributed by atoms with Gasteiger partial charge in [0, 0.05) is 17.5 Å². The summed E-state index contributed by atoms with van der Waals surface area (Å²) in [4.78, 5) is 23.0. The molecule has 180 valence electrons. The molecule has 6 rings (SSSR count). The maximum atomic E-state index is 13.2. The van der Waals surface area contributed by atoms with Crippen molar-refractivity contribution in [3.05, 3.63) is 82.5 Å². The number of ether oxygens (including phenoxy) is 1. The lowest BCUT2D eigenvalue weighted by atomic mass is 10.1. The molecule has 0 atom stereocenters. The van der Waals surface area contributed by atoms with Gasteiger partial charge in [0.2, 0.25) is 11.7 Å². The predicted molar refractivity (Wildman–Crippen MR) is 141 cm³/mol. The summed E-state index contributed by atoms with van der Waals surface area (Å²) in [6.45, 7) is 2.89. The molecule has 0 aliphatic heterocycles. The Kier molecular flexibility index (Phi) is 5.90. The second kappa shape index (κ2) is 9.50. The first-order chi connectivity index (χ1) is 17.8. The van der Waals surface area contributed by atoms with E-state index in [1.54, 1.807) is 15.9 Å². The van der Waals surface area contributed by atoms with Gasteiger partial charge in [0.15, 0.2) is 12.4 Å². The molecule has 8 nitrogen and oxygen atoms in total. The molecule has 0 aliphatic carbocycles. The van der Waals surface area contributed by atoms with E-state index in [2.05, 4.69) is 44.6 Å². The third kappa shape index (κ3) is 3.81. The monoisotopic (exact) mass is 496 g/mol. The van der Waals surface area contributed by atoms with E-state index < -0.39 is 0 Å². The van der Waals surface area contributed by atoms with E-state index in [-0.39, 0.29) is 12.2 Å². The zero-order valence-electron chi connectivity index (χ0n) is 19.8. The fraction of sp³-hybridized carbons (Fsp3) is 0.222. The smallest absolute Gasteiger partial charge is 0.262 e. The van der Waals surface area contributed by atoms with Crippen LogP contribution in [-0.4, -0.2) is 29.1 Å². The Hall–Kier alpha value is -4.11. The summed E-state index contributed by atoms with van der Waals surface area (Å²) in [5.74, 6) is 1.63. The molecule has 0 fully saturated rings. The Labute approximate surface area is 210 Å². The number of para-hydroxylation sites is 1. The molecule has 4 heterocycles. The summed E-state index contributed by atoms with van der Waals surface area (Å²) < 4.78 is 9.90. The Morgan fingerprint density at radius 2 is 1.81 bits per heavy atom. The number of benzene rings is 2. The first kappa shape index (κ1) is 22.4. The van der Waals surface area contributed by atoms with Crippen molar-refractivity contribution in [2.75, 3.05) is 0 Å². The molecule has 0 saturated carbocycles. The minimum absolute atomic E-state index is 0.0441. The second-order valence-corrected chi connectivity index (χ2v) is 9.45. The van der Waals surface area contributed by atoms with E-state index in [1.165, 1.54) is 6.33 Å². The molecule has 0 amide bonds. The molecule has 0 saturated heterocycles. The topological polar surface area (TPSA) is 87.2 Å². The number of nitrogens with zero attached hydrogens (tertiary/aromatic N) is 6. The van der Waals surface area contributed by atoms with E-state index in [4.69, 9.17) is 4.74 Å². The molecule has 4 aromatic heterocycles. The number of fused-ring (bicyclic) bond motifs is 4. The zero-order chi connectivity index (χ0) is 24.5. The highest BCUT2D eigenvalue weighted by Gasteiger charge is 2.19. The number of rotatable bonds is 8. The maximum absolute atomic E-state index is 13.2. The number of unbranched alkanes of at least 4 members (excludes halogenated alkanes) is 2. The lowest BCUT2D eigenvalue weighted by Crippen LogP contribution is -2.24. The standard InChI is InChI=1S/C27H24N6O2S/c1-2-3-9-14-32-26(34)19-12-7-8-13-21(19)33-22(30-31-27(32)33)15-35-24-23-20(18-10-5-4-6-11-18)16-36-25(23)29-17-28-24/h4-8,10-13,16-17H,2-3,9,14-15H2,1H3. The van der Waals surface area contributed by atoms with Crippen molar-refractivity contribution in [3.63, 3.8) is 0 Å². The lowest BCUT2D eigenvalue weighted by Gasteiger charge is -2.12. The van der Waals surface area contributed by atoms with Crippen LogP contribution >= 0.6 is 11.3 Å². The average molecular weight is 497 g/mol. The molecule has 0 aliphatic rings. The minimum atomic E-state index is -0.0441. The molecule has 0 spiro atoms. The molecular weight excluding hydrogens is 472 g/mol. The van der Waals surface area contributed by atoms with Crippen LogP contribution in [0.4, 0.5) is 0 Å². The Bertz CT molecular complexity index is 1740. The van der Waals surface area contributed by atoms with Gasteiger partial charge >= 0.3 is 0 Å². The van der Waals surface area contributed by atoms with Crippen molar-refractivity contribution in [2.24, 2.45) is 0 Å². The number of thiophene rings is 1. The summed E-state index contributed by atoms with van der Waals surface area (Å²) >= 11 is 1.56. The van der Waals surface area contributed by atoms with E-state index >= 15 is 0 Å². The Morgan fingerprint density at radius 1 is 0.972 bits per heavy atom. The molecule has 36 heavy (non-hydrogen) atoms. The molecule has 9 heteroatoms. The van der Waals surface area contributed by atoms with Crippen molar-refractivity contribution < 1.29 is 4.74 Å². The summed E-state index contributed by atoms with van der Waals surface area (Å²) in [6.07, 6.45) is 4.54. The first-order valence-corrected chi connectivity index (χ1v) is 12.9. The van der Waals surface area contributed by atoms with Gasteiger partial charge in [-0.25, -0.2) is 9.97 Å². The molecular formula is C27H24N6O2S. The van der Waals surface area contributed by atoms with Crippen LogP contribution in [0.3, 0.4) is 0 Å². The van der Waals surface area contributed by atoms with Gasteiger partial charge in [-0.3, -0.25) is 13.8 Å². The Balaban J connectivity index is 1.42. The van der Waals surface area contributed by atoms with Crippen molar-refractivity contribution in [2.45, 2.75) is 39.3 Å². The van der Waals surface area contributed by atoms with Gasteiger partial charge in [-0.1, -0.05) is 62.2 Å². The van der Waals surface area contributed by atoms with E-state index in [9.17, 15) is 4.79 Å². The van der Waals surface area contributed by atoms with E-state index in [0.717, 1.165) is 46.1 Å². The SMILES string of the molecule is CCCCCn1c(=O)c2ccccc2n2c(COc3ncnc4scc(-c5ccccc5)c34)nnc12. The molecule has 0 N–H and O–H groups in total. The summed E-state index contributed by atoms with van der Waals surface area (Å²) in [7, 11) is 0. The van der Waals surface area contributed by atoms with Crippen LogP contribution in [0.5, 0.6) is 5.88 Å². The van der Waals surface area contributed by atoms with E-state index in [1.807, 2.05) is 46.9 Å². The van der Waals surface area contributed by atoms with Crippen LogP contribution in [0.1, 0.15) is 32.0 Å². The van der Waals surface area contributed by atoms with Crippen molar-refractivity contribution in [1.82, 2.24) is 29.1 Å². The zero-order valence-corrected chi connectivity index (χ0v) is 20.6. The lowest BCUT2D eigenvalue weighted by molar-refractivity contribution is 0.287. The van der Waals surface area contributed by atoms with Gasteiger partial charge < -0.3 is 4.74 Å². The highest BCUT2D eigenvalue weighted by Crippen LogP contribution is 2.37. The summed E-state index contributed by atoms with van der Waals surface area (Å²) in [6, 6.07) is 17.7. The molecule has 0 radical (unpaired) electrons. The second-order valence-electron chi connectivity index (χ2n) is 8.60. The molecule has 0 unspecified atom stereocenters. The number of hydrogen-bond acceptors (Lipinski definition) is 7. The van der Waals surface area contributed by atoms with Crippen LogP contribution < -0.4 is 10.3 Å². The number of aromatic nitrogens is 6. The van der Waals surface area contributed by atoms with Crippen molar-refractivity contribution >= 4 is 38.2 Å². The average Bonchev–Trinajstić information content (AvgIpc) is 3.55. The largest absolute Gasteiger partial charge is 0.469 e. The van der Waals surface area contributed by atoms with Crippen LogP contribution in [0.15, 0.2) is 71.1 Å². The van der Waals surface area contributed by atoms with Crippen LogP contribution in [0.25, 0.3) is 38.0 Å². The summed E-state index contributed by atoms with van der Waals surface area (Å²) in [5, 5.41) is 12.4. The first-order valence-electron chi connectivity index (χ1n) is 12.0. The molecule has 0 bridgehead atoms. The third-order valence-electron chi connectivity index (χ3n) is 6.32. The Morgan fingerprint density at radius 3 is 2.67 bits per heavy atom. The highest BCUT2D eigenvalue weighted by molar-refractivity contribution is 7.17. The van der Waals surface area contributed by atoms with Crippen molar-refractivity contribution in [3.8, 4) is 17.0 Å². The van der Waals surface area contributed by atoms with Crippen LogP contribution in [0.2, 0.25) is 0 Å². The van der Waals surface area contributed by atoms with Gasteiger partial charge in [-0.2, -0.15) is 0 Å². The van der Waals surface area contributed by atoms with Gasteiger partial charge in [0.25, 0.3) is 5.56 Å². The fourth-order valence-electron chi connectivity index (χ4n) is 4.55. The van der Waals surface area contributed by atoms with Crippen molar-refractivity contribution in [1.29, 1.82) is 0 Å².